The fourth-order valence-electron chi connectivity index (χ4n) is 3.17. The molecule has 182 valence electrons. The summed E-state index contributed by atoms with van der Waals surface area (Å²) >= 11 is 0. The number of hydrogen-bond acceptors (Lipinski definition) is 7. The van der Waals surface area contributed by atoms with E-state index in [4.69, 9.17) is 9.47 Å². The van der Waals surface area contributed by atoms with Crippen LogP contribution in [0.25, 0.3) is 0 Å². The van der Waals surface area contributed by atoms with Crippen LogP contribution >= 0.6 is 0 Å². The molecule has 0 aliphatic carbocycles. The van der Waals surface area contributed by atoms with E-state index in [1.54, 1.807) is 30.3 Å². The van der Waals surface area contributed by atoms with Gasteiger partial charge in [0.1, 0.15) is 5.70 Å². The molecule has 0 bridgehead atoms. The number of hydrogen-bond donors (Lipinski definition) is 2. The van der Waals surface area contributed by atoms with Crippen molar-refractivity contribution in [3.63, 3.8) is 0 Å². The summed E-state index contributed by atoms with van der Waals surface area (Å²) in [5.74, 6) is -2.79. The predicted octanol–water partition coefficient (Wildman–Crippen LogP) is 3.95. The van der Waals surface area contributed by atoms with E-state index in [0.29, 0.717) is 11.8 Å². The molecule has 35 heavy (non-hydrogen) atoms. The first-order chi connectivity index (χ1) is 16.7. The van der Waals surface area contributed by atoms with Gasteiger partial charge in [-0.2, -0.15) is 13.2 Å². The number of benzene rings is 2. The first-order valence-corrected chi connectivity index (χ1v) is 10.0. The molecule has 2 N–H and O–H groups in total. The van der Waals surface area contributed by atoms with E-state index < -0.39 is 35.1 Å². The standard InChI is InChI=1S/C24H20F3N3O5/c1-34-22(32)17-10-6-7-13-30(20(17)23(33)35-2)19-12-11-15(24(25,26)27)14-18(19)21(31)29-28-16-8-4-3-5-9-16/h3-14,28H,1-2H3,(H,29,31). The molecule has 0 saturated heterocycles. The third-order valence-corrected chi connectivity index (χ3v) is 4.81. The predicted molar refractivity (Wildman–Crippen MR) is 121 cm³/mol. The van der Waals surface area contributed by atoms with E-state index in [1.807, 2.05) is 0 Å². The molecule has 0 fully saturated rings. The third kappa shape index (κ3) is 5.69. The van der Waals surface area contributed by atoms with Gasteiger partial charge in [0, 0.05) is 6.20 Å². The second-order valence-electron chi connectivity index (χ2n) is 6.99. The number of alkyl halides is 3. The van der Waals surface area contributed by atoms with Crippen molar-refractivity contribution in [2.75, 3.05) is 24.5 Å². The lowest BCUT2D eigenvalue weighted by atomic mass is 10.0. The van der Waals surface area contributed by atoms with Crippen LogP contribution in [0.2, 0.25) is 0 Å². The minimum Gasteiger partial charge on any atom is -0.465 e. The zero-order chi connectivity index (χ0) is 25.6. The maximum atomic E-state index is 13.5. The van der Waals surface area contributed by atoms with E-state index in [9.17, 15) is 27.6 Å². The number of methoxy groups -OCH3 is 2. The van der Waals surface area contributed by atoms with Crippen molar-refractivity contribution in [1.82, 2.24) is 5.43 Å². The quantitative estimate of drug-likeness (QED) is 0.471. The number of nitrogens with one attached hydrogen (secondary N) is 2. The highest BCUT2D eigenvalue weighted by atomic mass is 19.4. The van der Waals surface area contributed by atoms with Crippen LogP contribution in [0.15, 0.2) is 84.2 Å². The summed E-state index contributed by atoms with van der Waals surface area (Å²) in [5.41, 5.74) is 3.24. The molecule has 1 aliphatic rings. The number of anilines is 2. The average molecular weight is 487 g/mol. The van der Waals surface area contributed by atoms with E-state index in [-0.39, 0.29) is 17.0 Å². The van der Waals surface area contributed by atoms with Crippen LogP contribution in [0, 0.1) is 0 Å². The van der Waals surface area contributed by atoms with Gasteiger partial charge in [0.05, 0.1) is 42.3 Å². The second kappa shape index (κ2) is 10.6. The Morgan fingerprint density at radius 2 is 1.60 bits per heavy atom. The lowest BCUT2D eigenvalue weighted by molar-refractivity contribution is -0.139. The largest absolute Gasteiger partial charge is 0.465 e. The summed E-state index contributed by atoms with van der Waals surface area (Å²) < 4.78 is 49.9. The Hall–Kier alpha value is -4.54. The molecular weight excluding hydrogens is 467 g/mol. The SMILES string of the molecule is COC(=O)C1=C(C(=O)OC)N(c2ccc(C(F)(F)F)cc2C(=O)NNc2ccccc2)C=CC=C1. The number of nitrogens with zero attached hydrogens (tertiary/aromatic N) is 1. The van der Waals surface area contributed by atoms with Crippen LogP contribution in [0.1, 0.15) is 15.9 Å². The summed E-state index contributed by atoms with van der Waals surface area (Å²) in [5, 5.41) is 0. The van der Waals surface area contributed by atoms with Gasteiger partial charge in [-0.3, -0.25) is 15.6 Å². The number of amides is 1. The van der Waals surface area contributed by atoms with Crippen LogP contribution in [-0.2, 0) is 25.2 Å². The van der Waals surface area contributed by atoms with Gasteiger partial charge >= 0.3 is 18.1 Å². The lowest BCUT2D eigenvalue weighted by Crippen LogP contribution is -2.33. The molecule has 0 saturated carbocycles. The molecule has 0 unspecified atom stereocenters. The third-order valence-electron chi connectivity index (χ3n) is 4.81. The zero-order valence-corrected chi connectivity index (χ0v) is 18.6. The Kier molecular flexibility index (Phi) is 7.59. The summed E-state index contributed by atoms with van der Waals surface area (Å²) in [6.45, 7) is 0. The fourth-order valence-corrected chi connectivity index (χ4v) is 3.17. The number of para-hydroxylation sites is 1. The normalized spacial score (nSPS) is 13.2. The van der Waals surface area contributed by atoms with Gasteiger partial charge < -0.3 is 14.4 Å². The van der Waals surface area contributed by atoms with E-state index in [0.717, 1.165) is 31.3 Å². The molecule has 2 aromatic carbocycles. The van der Waals surface area contributed by atoms with Crippen LogP contribution in [0.4, 0.5) is 24.5 Å². The monoisotopic (exact) mass is 487 g/mol. The molecule has 0 aromatic heterocycles. The van der Waals surface area contributed by atoms with Crippen LogP contribution in [0.5, 0.6) is 0 Å². The van der Waals surface area contributed by atoms with E-state index in [2.05, 4.69) is 10.9 Å². The Balaban J connectivity index is 2.15. The van der Waals surface area contributed by atoms with Crippen molar-refractivity contribution in [3.8, 4) is 0 Å². The minimum absolute atomic E-state index is 0.118. The van der Waals surface area contributed by atoms with Crippen LogP contribution in [0.3, 0.4) is 0 Å². The number of ether oxygens (including phenoxy) is 2. The van der Waals surface area contributed by atoms with Crippen molar-refractivity contribution >= 4 is 29.2 Å². The minimum atomic E-state index is -4.74. The van der Waals surface area contributed by atoms with Gasteiger partial charge in [-0.05, 0) is 42.5 Å². The summed E-state index contributed by atoms with van der Waals surface area (Å²) in [6.07, 6.45) is 0.712. The zero-order valence-electron chi connectivity index (χ0n) is 18.6. The first-order valence-electron chi connectivity index (χ1n) is 10.0. The number of halogens is 3. The average Bonchev–Trinajstić information content (AvgIpc) is 3.09. The fraction of sp³-hybridized carbons (Fsp3) is 0.125. The molecule has 11 heteroatoms. The Bertz CT molecular complexity index is 1220. The van der Waals surface area contributed by atoms with Crippen LogP contribution < -0.4 is 15.8 Å². The van der Waals surface area contributed by atoms with Gasteiger partial charge in [0.25, 0.3) is 5.91 Å². The number of allylic oxidation sites excluding steroid dienone is 2. The van der Waals surface area contributed by atoms with E-state index in [1.165, 1.54) is 24.4 Å². The van der Waals surface area contributed by atoms with Crippen LogP contribution in [-0.4, -0.2) is 32.1 Å². The lowest BCUT2D eigenvalue weighted by Gasteiger charge is -2.26. The molecule has 1 amide bonds. The molecule has 1 heterocycles. The number of carbonyl (C=O) groups excluding carboxylic acids is 3. The Labute approximate surface area is 198 Å². The Morgan fingerprint density at radius 3 is 2.23 bits per heavy atom. The van der Waals surface area contributed by atoms with Gasteiger partial charge in [-0.1, -0.05) is 24.3 Å². The molecule has 0 atom stereocenters. The first kappa shape index (κ1) is 25.1. The molecule has 8 nitrogen and oxygen atoms in total. The topological polar surface area (TPSA) is 97.0 Å². The van der Waals surface area contributed by atoms with Gasteiger partial charge in [0.2, 0.25) is 0 Å². The van der Waals surface area contributed by atoms with Crippen molar-refractivity contribution in [2.45, 2.75) is 6.18 Å². The summed E-state index contributed by atoms with van der Waals surface area (Å²) in [6, 6.07) is 10.8. The number of esters is 2. The summed E-state index contributed by atoms with van der Waals surface area (Å²) in [7, 11) is 2.18. The molecule has 1 aliphatic heterocycles. The van der Waals surface area contributed by atoms with Crippen molar-refractivity contribution in [2.24, 2.45) is 0 Å². The molecule has 0 radical (unpaired) electrons. The van der Waals surface area contributed by atoms with E-state index >= 15 is 0 Å². The van der Waals surface area contributed by atoms with Crippen molar-refractivity contribution < 1.29 is 37.0 Å². The smallest absolute Gasteiger partial charge is 0.416 e. The highest BCUT2D eigenvalue weighted by molar-refractivity contribution is 6.08. The van der Waals surface area contributed by atoms with Gasteiger partial charge in [0.15, 0.2) is 0 Å². The van der Waals surface area contributed by atoms with Crippen molar-refractivity contribution in [3.05, 3.63) is 95.4 Å². The van der Waals surface area contributed by atoms with Crippen molar-refractivity contribution in [1.29, 1.82) is 0 Å². The van der Waals surface area contributed by atoms with Gasteiger partial charge in [-0.15, -0.1) is 0 Å². The molecule has 2 aromatic rings. The maximum Gasteiger partial charge on any atom is 0.416 e. The molecular formula is C24H20F3N3O5. The highest BCUT2D eigenvalue weighted by Crippen LogP contribution is 2.35. The molecule has 3 rings (SSSR count). The number of rotatable bonds is 6. The summed E-state index contributed by atoms with van der Waals surface area (Å²) in [4.78, 5) is 39.1. The second-order valence-corrected chi connectivity index (χ2v) is 6.99. The number of carbonyl (C=O) groups is 3. The van der Waals surface area contributed by atoms with Gasteiger partial charge in [-0.25, -0.2) is 9.59 Å². The maximum absolute atomic E-state index is 13.5. The molecule has 0 spiro atoms. The highest BCUT2D eigenvalue weighted by Gasteiger charge is 2.34. The number of hydrazine groups is 1. The Morgan fingerprint density at radius 1 is 0.914 bits per heavy atom.